The average Bonchev–Trinajstić information content (AvgIpc) is 3.20. The Bertz CT molecular complexity index is 690. The molecule has 1 heterocycles. The maximum absolute atomic E-state index is 10.6. The molecule has 0 aromatic heterocycles. The van der Waals surface area contributed by atoms with Crippen molar-refractivity contribution in [3.63, 3.8) is 0 Å². The Labute approximate surface area is 147 Å². The van der Waals surface area contributed by atoms with Gasteiger partial charge in [-0.15, -0.1) is 0 Å². The molecular weight excluding hydrogens is 320 g/mol. The van der Waals surface area contributed by atoms with E-state index in [-0.39, 0.29) is 0 Å². The third kappa shape index (κ3) is 4.59. The van der Waals surface area contributed by atoms with E-state index < -0.39 is 6.29 Å². The van der Waals surface area contributed by atoms with Gasteiger partial charge in [0.05, 0.1) is 25.9 Å². The lowest BCUT2D eigenvalue weighted by atomic mass is 10.1. The molecule has 5 nitrogen and oxygen atoms in total. The summed E-state index contributed by atoms with van der Waals surface area (Å²) in [5, 5.41) is 0. The van der Waals surface area contributed by atoms with Crippen LogP contribution in [-0.2, 0) is 27.3 Å². The van der Waals surface area contributed by atoms with Crippen molar-refractivity contribution < 1.29 is 23.7 Å². The zero-order chi connectivity index (χ0) is 17.5. The molecule has 0 aliphatic carbocycles. The van der Waals surface area contributed by atoms with Crippen molar-refractivity contribution in [3.8, 4) is 11.5 Å². The largest absolute Gasteiger partial charge is 0.497 e. The molecule has 0 unspecified atom stereocenters. The molecule has 2 aromatic carbocycles. The number of rotatable bonds is 8. The van der Waals surface area contributed by atoms with E-state index in [4.69, 9.17) is 18.9 Å². The van der Waals surface area contributed by atoms with Crippen molar-refractivity contribution in [2.45, 2.75) is 25.7 Å². The molecule has 132 valence electrons. The van der Waals surface area contributed by atoms with Crippen LogP contribution in [0.4, 0.5) is 0 Å². The highest BCUT2D eigenvalue weighted by molar-refractivity contribution is 5.50. The van der Waals surface area contributed by atoms with Crippen LogP contribution >= 0.6 is 0 Å². The summed E-state index contributed by atoms with van der Waals surface area (Å²) in [5.41, 5.74) is 2.98. The minimum atomic E-state index is -0.415. The van der Waals surface area contributed by atoms with Crippen LogP contribution in [0.25, 0.3) is 0 Å². The van der Waals surface area contributed by atoms with Crippen LogP contribution in [0.1, 0.15) is 29.4 Å². The van der Waals surface area contributed by atoms with E-state index in [9.17, 15) is 4.79 Å². The molecule has 0 N–H and O–H groups in total. The monoisotopic (exact) mass is 342 g/mol. The minimum Gasteiger partial charge on any atom is -0.497 e. The fraction of sp³-hybridized carbons (Fsp3) is 0.350. The van der Waals surface area contributed by atoms with E-state index in [1.54, 1.807) is 7.11 Å². The summed E-state index contributed by atoms with van der Waals surface area (Å²) in [7, 11) is 1.64. The van der Waals surface area contributed by atoms with Gasteiger partial charge in [-0.2, -0.15) is 0 Å². The van der Waals surface area contributed by atoms with Gasteiger partial charge in [-0.05, 0) is 41.8 Å². The van der Waals surface area contributed by atoms with Crippen molar-refractivity contribution >= 4 is 6.29 Å². The molecule has 0 amide bonds. The van der Waals surface area contributed by atoms with Gasteiger partial charge in [0, 0.05) is 6.42 Å². The molecule has 0 bridgehead atoms. The fourth-order valence-electron chi connectivity index (χ4n) is 2.72. The van der Waals surface area contributed by atoms with Crippen molar-refractivity contribution in [2.24, 2.45) is 0 Å². The van der Waals surface area contributed by atoms with Crippen LogP contribution < -0.4 is 9.47 Å². The summed E-state index contributed by atoms with van der Waals surface area (Å²) in [6.07, 6.45) is 1.71. The molecule has 1 aliphatic heterocycles. The quantitative estimate of drug-likeness (QED) is 0.688. The fourth-order valence-corrected chi connectivity index (χ4v) is 2.72. The lowest BCUT2D eigenvalue weighted by molar-refractivity contribution is -0.107. The van der Waals surface area contributed by atoms with Gasteiger partial charge in [0.25, 0.3) is 0 Å². The van der Waals surface area contributed by atoms with E-state index >= 15 is 0 Å². The molecule has 0 radical (unpaired) electrons. The first kappa shape index (κ1) is 17.5. The Morgan fingerprint density at radius 1 is 1.08 bits per heavy atom. The van der Waals surface area contributed by atoms with Crippen LogP contribution in [-0.4, -0.2) is 26.6 Å². The summed E-state index contributed by atoms with van der Waals surface area (Å²) < 4.78 is 22.4. The van der Waals surface area contributed by atoms with E-state index in [1.807, 2.05) is 42.5 Å². The molecule has 3 rings (SSSR count). The molecule has 1 aliphatic rings. The Kier molecular flexibility index (Phi) is 6.04. The van der Waals surface area contributed by atoms with Gasteiger partial charge < -0.3 is 23.7 Å². The molecule has 0 saturated carbocycles. The maximum Gasteiger partial charge on any atom is 0.187 e. The zero-order valence-electron chi connectivity index (χ0n) is 14.3. The Balaban J connectivity index is 1.74. The van der Waals surface area contributed by atoms with Gasteiger partial charge in [-0.3, -0.25) is 0 Å². The molecule has 25 heavy (non-hydrogen) atoms. The summed E-state index contributed by atoms with van der Waals surface area (Å²) in [6, 6.07) is 13.7. The van der Waals surface area contributed by atoms with Crippen LogP contribution in [0.5, 0.6) is 11.5 Å². The molecule has 2 aromatic rings. The number of benzene rings is 2. The number of carbonyl (C=O) groups excluding carboxylic acids is 1. The van der Waals surface area contributed by atoms with Crippen LogP contribution in [0.2, 0.25) is 0 Å². The van der Waals surface area contributed by atoms with Gasteiger partial charge in [-0.25, -0.2) is 0 Å². The lowest BCUT2D eigenvalue weighted by Gasteiger charge is -2.17. The van der Waals surface area contributed by atoms with Gasteiger partial charge in [0.15, 0.2) is 6.29 Å². The molecule has 5 heteroatoms. The number of aldehydes is 1. The summed E-state index contributed by atoms with van der Waals surface area (Å²) in [5.74, 6) is 1.55. The van der Waals surface area contributed by atoms with Gasteiger partial charge >= 0.3 is 0 Å². The lowest BCUT2D eigenvalue weighted by Crippen LogP contribution is -2.05. The second kappa shape index (κ2) is 8.65. The van der Waals surface area contributed by atoms with Gasteiger partial charge in [-0.1, -0.05) is 18.2 Å². The smallest absolute Gasteiger partial charge is 0.187 e. The normalized spacial score (nSPS) is 14.4. The Hall–Kier alpha value is -2.37. The summed E-state index contributed by atoms with van der Waals surface area (Å²) >= 11 is 0. The first-order valence-electron chi connectivity index (χ1n) is 8.35. The van der Waals surface area contributed by atoms with Crippen molar-refractivity contribution in [1.29, 1.82) is 0 Å². The third-order valence-electron chi connectivity index (χ3n) is 4.05. The van der Waals surface area contributed by atoms with Gasteiger partial charge in [0.1, 0.15) is 24.4 Å². The van der Waals surface area contributed by atoms with Crippen LogP contribution in [0.3, 0.4) is 0 Å². The van der Waals surface area contributed by atoms with Crippen molar-refractivity contribution in [3.05, 3.63) is 59.2 Å². The SMILES string of the molecule is COc1ccc(COc2ccc(CCC=O)cc2C2OCCO2)cc1. The van der Waals surface area contributed by atoms with Gasteiger partial charge in [0.2, 0.25) is 0 Å². The second-order valence-electron chi connectivity index (χ2n) is 5.79. The number of hydrogen-bond acceptors (Lipinski definition) is 5. The predicted molar refractivity (Wildman–Crippen MR) is 92.8 cm³/mol. The molecule has 1 saturated heterocycles. The molecule has 1 fully saturated rings. The highest BCUT2D eigenvalue weighted by atomic mass is 16.7. The third-order valence-corrected chi connectivity index (χ3v) is 4.05. The molecular formula is C20H22O5. The number of ether oxygens (including phenoxy) is 4. The first-order valence-corrected chi connectivity index (χ1v) is 8.35. The average molecular weight is 342 g/mol. The second-order valence-corrected chi connectivity index (χ2v) is 5.79. The van der Waals surface area contributed by atoms with Crippen LogP contribution in [0, 0.1) is 0 Å². The topological polar surface area (TPSA) is 54.0 Å². The predicted octanol–water partition coefficient (Wildman–Crippen LogP) is 3.45. The number of aryl methyl sites for hydroxylation is 1. The summed E-state index contributed by atoms with van der Waals surface area (Å²) in [4.78, 5) is 10.6. The van der Waals surface area contributed by atoms with Crippen molar-refractivity contribution in [2.75, 3.05) is 20.3 Å². The highest BCUT2D eigenvalue weighted by Gasteiger charge is 2.22. The van der Waals surface area contributed by atoms with E-state index in [0.29, 0.717) is 32.7 Å². The maximum atomic E-state index is 10.6. The number of methoxy groups -OCH3 is 1. The zero-order valence-corrected chi connectivity index (χ0v) is 14.3. The van der Waals surface area contributed by atoms with E-state index in [1.165, 1.54) is 0 Å². The highest BCUT2D eigenvalue weighted by Crippen LogP contribution is 2.33. The first-order chi connectivity index (χ1) is 12.3. The number of carbonyl (C=O) groups is 1. The number of hydrogen-bond donors (Lipinski definition) is 0. The van der Waals surface area contributed by atoms with E-state index in [0.717, 1.165) is 34.5 Å². The Morgan fingerprint density at radius 2 is 1.80 bits per heavy atom. The standard InChI is InChI=1S/C20H22O5/c1-22-17-7-4-16(5-8-17)14-25-19-9-6-15(3-2-10-21)13-18(19)20-23-11-12-24-20/h4-10,13,20H,2-3,11-12,14H2,1H3. The van der Waals surface area contributed by atoms with Crippen molar-refractivity contribution in [1.82, 2.24) is 0 Å². The minimum absolute atomic E-state index is 0.415. The molecule has 0 atom stereocenters. The van der Waals surface area contributed by atoms with E-state index in [2.05, 4.69) is 0 Å². The summed E-state index contributed by atoms with van der Waals surface area (Å²) in [6.45, 7) is 1.58. The molecule has 0 spiro atoms. The van der Waals surface area contributed by atoms with Crippen LogP contribution in [0.15, 0.2) is 42.5 Å². The Morgan fingerprint density at radius 3 is 2.48 bits per heavy atom.